The minimum Gasteiger partial charge on any atom is -0.381 e. The van der Waals surface area contributed by atoms with Gasteiger partial charge in [-0.3, -0.25) is 9.59 Å². The Morgan fingerprint density at radius 1 is 1.18 bits per heavy atom. The van der Waals surface area contributed by atoms with Gasteiger partial charge in [-0.25, -0.2) is 0 Å². The Balaban J connectivity index is 1.77. The van der Waals surface area contributed by atoms with Gasteiger partial charge in [0.1, 0.15) is 0 Å². The topological polar surface area (TPSA) is 93.5 Å². The summed E-state index contributed by atoms with van der Waals surface area (Å²) in [6.07, 6.45) is 5.77. The highest BCUT2D eigenvalue weighted by molar-refractivity contribution is 5.78. The average Bonchev–Trinajstić information content (AvgIpc) is 2.54. The van der Waals surface area contributed by atoms with Gasteiger partial charge in [-0.1, -0.05) is 0 Å². The molecule has 126 valence electrons. The van der Waals surface area contributed by atoms with Crippen molar-refractivity contribution >= 4 is 11.8 Å². The number of carbonyl (C=O) groups is 2. The molecule has 2 aliphatic rings. The maximum absolute atomic E-state index is 12.2. The van der Waals surface area contributed by atoms with Crippen molar-refractivity contribution in [2.24, 2.45) is 17.6 Å². The molecule has 0 aromatic heterocycles. The molecule has 1 atom stereocenters. The normalized spacial score (nSPS) is 22.2. The van der Waals surface area contributed by atoms with Crippen molar-refractivity contribution in [3.8, 4) is 0 Å². The first kappa shape index (κ1) is 17.2. The molecule has 6 heteroatoms. The number of ether oxygens (including phenoxy) is 1. The summed E-state index contributed by atoms with van der Waals surface area (Å²) in [5, 5.41) is 6.38. The van der Waals surface area contributed by atoms with Crippen LogP contribution in [0.15, 0.2) is 0 Å². The molecule has 0 radical (unpaired) electrons. The summed E-state index contributed by atoms with van der Waals surface area (Å²) >= 11 is 0. The molecular weight excluding hydrogens is 282 g/mol. The monoisotopic (exact) mass is 311 g/mol. The molecule has 4 N–H and O–H groups in total. The second-order valence-corrected chi connectivity index (χ2v) is 6.53. The number of primary amides is 1. The van der Waals surface area contributed by atoms with Gasteiger partial charge in [0.25, 0.3) is 0 Å². The van der Waals surface area contributed by atoms with Crippen molar-refractivity contribution in [3.05, 3.63) is 0 Å². The van der Waals surface area contributed by atoms with Gasteiger partial charge in [-0.05, 0) is 57.0 Å². The molecule has 0 spiro atoms. The van der Waals surface area contributed by atoms with E-state index in [9.17, 15) is 9.59 Å². The molecule has 0 aromatic carbocycles. The second kappa shape index (κ2) is 9.10. The first-order valence-corrected chi connectivity index (χ1v) is 8.51. The molecule has 2 amide bonds. The van der Waals surface area contributed by atoms with Crippen LogP contribution in [0, 0.1) is 11.8 Å². The number of hydrogen-bond acceptors (Lipinski definition) is 4. The van der Waals surface area contributed by atoms with E-state index in [2.05, 4.69) is 10.6 Å². The van der Waals surface area contributed by atoms with Crippen molar-refractivity contribution in [1.82, 2.24) is 10.6 Å². The van der Waals surface area contributed by atoms with Crippen LogP contribution >= 0.6 is 0 Å². The number of carbonyl (C=O) groups excluding carboxylic acids is 2. The van der Waals surface area contributed by atoms with Crippen molar-refractivity contribution in [2.75, 3.05) is 26.3 Å². The zero-order valence-corrected chi connectivity index (χ0v) is 13.3. The summed E-state index contributed by atoms with van der Waals surface area (Å²) in [6, 6.07) is -0.137. The van der Waals surface area contributed by atoms with Crippen molar-refractivity contribution in [1.29, 1.82) is 0 Å². The van der Waals surface area contributed by atoms with Gasteiger partial charge in [0, 0.05) is 32.1 Å². The van der Waals surface area contributed by atoms with E-state index < -0.39 is 0 Å². The van der Waals surface area contributed by atoms with E-state index in [1.807, 2.05) is 0 Å². The number of amides is 2. The van der Waals surface area contributed by atoms with Crippen LogP contribution in [-0.4, -0.2) is 44.2 Å². The van der Waals surface area contributed by atoms with Crippen LogP contribution in [0.2, 0.25) is 0 Å². The largest absolute Gasteiger partial charge is 0.381 e. The van der Waals surface area contributed by atoms with Crippen LogP contribution in [0.3, 0.4) is 0 Å². The van der Waals surface area contributed by atoms with E-state index >= 15 is 0 Å². The SMILES string of the molecule is NC(=O)CC(NC(=O)CCC1CCNCC1)C1CCOCC1. The third-order valence-electron chi connectivity index (χ3n) is 4.84. The van der Waals surface area contributed by atoms with E-state index in [1.165, 1.54) is 0 Å². The lowest BCUT2D eigenvalue weighted by Gasteiger charge is -2.30. The van der Waals surface area contributed by atoms with Crippen LogP contribution in [0.5, 0.6) is 0 Å². The summed E-state index contributed by atoms with van der Waals surface area (Å²) < 4.78 is 5.35. The van der Waals surface area contributed by atoms with E-state index in [1.54, 1.807) is 0 Å². The lowest BCUT2D eigenvalue weighted by Crippen LogP contribution is -2.44. The Morgan fingerprint density at radius 3 is 2.50 bits per heavy atom. The molecular formula is C16H29N3O3. The molecule has 2 heterocycles. The number of nitrogens with one attached hydrogen (secondary N) is 2. The van der Waals surface area contributed by atoms with Gasteiger partial charge in [-0.15, -0.1) is 0 Å². The lowest BCUT2D eigenvalue weighted by atomic mass is 9.89. The molecule has 0 aromatic rings. The number of nitrogens with two attached hydrogens (primary N) is 1. The second-order valence-electron chi connectivity index (χ2n) is 6.53. The maximum atomic E-state index is 12.2. The van der Waals surface area contributed by atoms with Crippen LogP contribution in [0.4, 0.5) is 0 Å². The minimum absolute atomic E-state index is 0.0521. The van der Waals surface area contributed by atoms with E-state index in [-0.39, 0.29) is 24.3 Å². The van der Waals surface area contributed by atoms with E-state index in [0.717, 1.165) is 45.2 Å². The summed E-state index contributed by atoms with van der Waals surface area (Å²) in [5.74, 6) is 0.639. The number of rotatable bonds is 7. The first-order valence-electron chi connectivity index (χ1n) is 8.51. The Labute approximate surface area is 132 Å². The Hall–Kier alpha value is -1.14. The van der Waals surface area contributed by atoms with Gasteiger partial charge >= 0.3 is 0 Å². The fraction of sp³-hybridized carbons (Fsp3) is 0.875. The highest BCUT2D eigenvalue weighted by Crippen LogP contribution is 2.22. The van der Waals surface area contributed by atoms with Gasteiger partial charge in [0.05, 0.1) is 0 Å². The summed E-state index contributed by atoms with van der Waals surface area (Å²) in [4.78, 5) is 23.5. The fourth-order valence-corrected chi connectivity index (χ4v) is 3.46. The van der Waals surface area contributed by atoms with Gasteiger partial charge in [-0.2, -0.15) is 0 Å². The third kappa shape index (κ3) is 5.93. The molecule has 2 aliphatic heterocycles. The summed E-state index contributed by atoms with van der Waals surface area (Å²) in [7, 11) is 0. The van der Waals surface area contributed by atoms with Crippen LogP contribution in [0.25, 0.3) is 0 Å². The molecule has 2 rings (SSSR count). The van der Waals surface area contributed by atoms with Gasteiger partial charge < -0.3 is 21.1 Å². The van der Waals surface area contributed by atoms with Gasteiger partial charge in [0.15, 0.2) is 0 Å². The number of piperidine rings is 1. The Bertz CT molecular complexity index is 364. The lowest BCUT2D eigenvalue weighted by molar-refractivity contribution is -0.124. The fourth-order valence-electron chi connectivity index (χ4n) is 3.46. The molecule has 0 saturated carbocycles. The van der Waals surface area contributed by atoms with Crippen molar-refractivity contribution < 1.29 is 14.3 Å². The first-order chi connectivity index (χ1) is 10.6. The molecule has 2 saturated heterocycles. The zero-order chi connectivity index (χ0) is 15.8. The quantitative estimate of drug-likeness (QED) is 0.640. The highest BCUT2D eigenvalue weighted by Gasteiger charge is 2.27. The average molecular weight is 311 g/mol. The summed E-state index contributed by atoms with van der Waals surface area (Å²) in [6.45, 7) is 3.51. The van der Waals surface area contributed by atoms with Gasteiger partial charge in [0.2, 0.25) is 11.8 Å². The van der Waals surface area contributed by atoms with Crippen LogP contribution < -0.4 is 16.4 Å². The van der Waals surface area contributed by atoms with Crippen LogP contribution in [-0.2, 0) is 14.3 Å². The summed E-state index contributed by atoms with van der Waals surface area (Å²) in [5.41, 5.74) is 5.34. The Kier molecular flexibility index (Phi) is 7.12. The molecule has 0 aliphatic carbocycles. The van der Waals surface area contributed by atoms with E-state index in [4.69, 9.17) is 10.5 Å². The van der Waals surface area contributed by atoms with Crippen molar-refractivity contribution in [2.45, 2.75) is 51.0 Å². The molecule has 2 fully saturated rings. The third-order valence-corrected chi connectivity index (χ3v) is 4.84. The molecule has 6 nitrogen and oxygen atoms in total. The van der Waals surface area contributed by atoms with Crippen LogP contribution in [0.1, 0.15) is 44.9 Å². The smallest absolute Gasteiger partial charge is 0.220 e. The standard InChI is InChI=1S/C16H29N3O3/c17-15(20)11-14(13-5-9-22-10-6-13)19-16(21)2-1-12-3-7-18-8-4-12/h12-14,18H,1-11H2,(H2,17,20)(H,19,21). The maximum Gasteiger partial charge on any atom is 0.220 e. The zero-order valence-electron chi connectivity index (χ0n) is 13.3. The Morgan fingerprint density at radius 2 is 1.86 bits per heavy atom. The molecule has 0 bridgehead atoms. The predicted molar refractivity (Wildman–Crippen MR) is 84.1 cm³/mol. The number of hydrogen-bond donors (Lipinski definition) is 3. The van der Waals surface area contributed by atoms with E-state index in [0.29, 0.717) is 31.5 Å². The predicted octanol–water partition coefficient (Wildman–Crippen LogP) is 0.553. The minimum atomic E-state index is -0.352. The molecule has 22 heavy (non-hydrogen) atoms. The highest BCUT2D eigenvalue weighted by atomic mass is 16.5. The molecule has 1 unspecified atom stereocenters. The van der Waals surface area contributed by atoms with Crippen molar-refractivity contribution in [3.63, 3.8) is 0 Å².